The summed E-state index contributed by atoms with van der Waals surface area (Å²) < 4.78 is 10.4. The smallest absolute Gasteiger partial charge is 0.343 e. The number of hydrogen-bond acceptors (Lipinski definition) is 4. The maximum absolute atomic E-state index is 12.2. The van der Waals surface area contributed by atoms with Crippen molar-refractivity contribution in [3.8, 4) is 11.5 Å². The van der Waals surface area contributed by atoms with Gasteiger partial charge in [-0.1, -0.05) is 36.4 Å². The summed E-state index contributed by atoms with van der Waals surface area (Å²) in [5.74, 6) is 0.449. The molecular weight excluding hydrogens is 340 g/mol. The van der Waals surface area contributed by atoms with E-state index in [2.05, 4.69) is 0 Å². The Kier molecular flexibility index (Phi) is 5.80. The first kappa shape index (κ1) is 18.1. The maximum Gasteiger partial charge on any atom is 0.343 e. The zero-order chi connectivity index (χ0) is 19.1. The van der Waals surface area contributed by atoms with Gasteiger partial charge in [0.25, 0.3) is 0 Å². The third kappa shape index (κ3) is 4.92. The van der Waals surface area contributed by atoms with Gasteiger partial charge < -0.3 is 9.47 Å². The van der Waals surface area contributed by atoms with Crippen molar-refractivity contribution in [1.82, 2.24) is 0 Å². The summed E-state index contributed by atoms with van der Waals surface area (Å²) in [5.41, 5.74) is 1.89. The van der Waals surface area contributed by atoms with Gasteiger partial charge in [-0.15, -0.1) is 0 Å². The summed E-state index contributed by atoms with van der Waals surface area (Å²) in [7, 11) is 1.56. The van der Waals surface area contributed by atoms with Crippen LogP contribution in [0.2, 0.25) is 0 Å². The van der Waals surface area contributed by atoms with Crippen LogP contribution in [-0.2, 0) is 0 Å². The minimum absolute atomic E-state index is 0.119. The van der Waals surface area contributed by atoms with Gasteiger partial charge in [0.1, 0.15) is 11.5 Å². The van der Waals surface area contributed by atoms with E-state index in [-0.39, 0.29) is 5.78 Å². The van der Waals surface area contributed by atoms with Crippen LogP contribution in [0, 0.1) is 0 Å². The van der Waals surface area contributed by atoms with Crippen molar-refractivity contribution in [1.29, 1.82) is 0 Å². The number of rotatable bonds is 6. The Balaban J connectivity index is 1.63. The third-order valence-electron chi connectivity index (χ3n) is 3.90. The molecule has 0 atom stereocenters. The van der Waals surface area contributed by atoms with Crippen LogP contribution in [-0.4, -0.2) is 18.9 Å². The van der Waals surface area contributed by atoms with E-state index in [1.165, 1.54) is 6.08 Å². The van der Waals surface area contributed by atoms with Crippen molar-refractivity contribution in [2.45, 2.75) is 0 Å². The average Bonchev–Trinajstić information content (AvgIpc) is 2.73. The van der Waals surface area contributed by atoms with Gasteiger partial charge in [-0.2, -0.15) is 0 Å². The van der Waals surface area contributed by atoms with Crippen molar-refractivity contribution < 1.29 is 19.1 Å². The van der Waals surface area contributed by atoms with Gasteiger partial charge in [-0.05, 0) is 60.2 Å². The zero-order valence-corrected chi connectivity index (χ0v) is 14.8. The molecule has 0 N–H and O–H groups in total. The highest BCUT2D eigenvalue weighted by atomic mass is 16.5. The van der Waals surface area contributed by atoms with Crippen molar-refractivity contribution in [2.24, 2.45) is 0 Å². The number of ketones is 1. The largest absolute Gasteiger partial charge is 0.497 e. The summed E-state index contributed by atoms with van der Waals surface area (Å²) in [6.07, 6.45) is 3.29. The number of benzene rings is 3. The third-order valence-corrected chi connectivity index (χ3v) is 3.90. The predicted molar refractivity (Wildman–Crippen MR) is 104 cm³/mol. The molecule has 0 aliphatic rings. The Labute approximate surface area is 157 Å². The second-order valence-electron chi connectivity index (χ2n) is 5.75. The highest BCUT2D eigenvalue weighted by Gasteiger charge is 2.09. The molecule has 0 fully saturated rings. The number of carbonyl (C=O) groups is 2. The summed E-state index contributed by atoms with van der Waals surface area (Å²) in [6, 6.07) is 22.7. The van der Waals surface area contributed by atoms with Gasteiger partial charge in [0, 0.05) is 5.56 Å². The standard InChI is InChI=1S/C23H18O4/c1-26-20-12-10-19(11-13-20)23(25)27-21-14-8-18(9-15-21)22(24)16-7-17-5-3-2-4-6-17/h2-16H,1H3. The zero-order valence-electron chi connectivity index (χ0n) is 14.8. The summed E-state index contributed by atoms with van der Waals surface area (Å²) in [4.78, 5) is 24.4. The van der Waals surface area contributed by atoms with Crippen LogP contribution >= 0.6 is 0 Å². The van der Waals surface area contributed by atoms with E-state index in [0.29, 0.717) is 22.6 Å². The lowest BCUT2D eigenvalue weighted by Gasteiger charge is -2.06. The number of carbonyl (C=O) groups excluding carboxylic acids is 2. The van der Waals surface area contributed by atoms with Gasteiger partial charge in [-0.25, -0.2) is 4.79 Å². The molecule has 0 amide bonds. The van der Waals surface area contributed by atoms with Gasteiger partial charge in [-0.3, -0.25) is 4.79 Å². The normalized spacial score (nSPS) is 10.6. The van der Waals surface area contributed by atoms with Gasteiger partial charge in [0.15, 0.2) is 5.78 Å². The molecule has 0 aliphatic heterocycles. The number of hydrogen-bond donors (Lipinski definition) is 0. The fraction of sp³-hybridized carbons (Fsp3) is 0.0435. The minimum Gasteiger partial charge on any atom is -0.497 e. The monoisotopic (exact) mass is 358 g/mol. The van der Waals surface area contributed by atoms with Crippen LogP contribution in [0.25, 0.3) is 6.08 Å². The Morgan fingerprint density at radius 1 is 0.741 bits per heavy atom. The Hall–Kier alpha value is -3.66. The van der Waals surface area contributed by atoms with E-state index in [4.69, 9.17) is 9.47 Å². The van der Waals surface area contributed by atoms with E-state index >= 15 is 0 Å². The van der Waals surface area contributed by atoms with E-state index in [1.54, 1.807) is 61.7 Å². The second kappa shape index (κ2) is 8.63. The minimum atomic E-state index is -0.472. The molecule has 0 bridgehead atoms. The Morgan fingerprint density at radius 2 is 1.33 bits per heavy atom. The molecule has 3 rings (SSSR count). The molecule has 3 aromatic carbocycles. The predicted octanol–water partition coefficient (Wildman–Crippen LogP) is 4.81. The van der Waals surface area contributed by atoms with Gasteiger partial charge in [0.05, 0.1) is 12.7 Å². The van der Waals surface area contributed by atoms with Crippen LogP contribution in [0.1, 0.15) is 26.3 Å². The highest BCUT2D eigenvalue weighted by Crippen LogP contribution is 2.17. The lowest BCUT2D eigenvalue weighted by atomic mass is 10.1. The molecule has 0 radical (unpaired) electrons. The summed E-state index contributed by atoms with van der Waals surface area (Å²) >= 11 is 0. The van der Waals surface area contributed by atoms with E-state index in [1.807, 2.05) is 30.3 Å². The molecule has 0 aromatic heterocycles. The molecule has 4 heteroatoms. The first-order chi connectivity index (χ1) is 13.2. The van der Waals surface area contributed by atoms with Crippen LogP contribution in [0.5, 0.6) is 11.5 Å². The topological polar surface area (TPSA) is 52.6 Å². The SMILES string of the molecule is COc1ccc(C(=O)Oc2ccc(C(=O)C=Cc3ccccc3)cc2)cc1. The number of allylic oxidation sites excluding steroid dienone is 1. The number of methoxy groups -OCH3 is 1. The molecule has 0 spiro atoms. The van der Waals surface area contributed by atoms with Gasteiger partial charge >= 0.3 is 5.97 Å². The molecule has 0 unspecified atom stereocenters. The molecule has 0 saturated carbocycles. The van der Waals surface area contributed by atoms with Crippen molar-refractivity contribution in [3.63, 3.8) is 0 Å². The fourth-order valence-electron chi connectivity index (χ4n) is 2.41. The highest BCUT2D eigenvalue weighted by molar-refractivity contribution is 6.06. The number of esters is 1. The van der Waals surface area contributed by atoms with Crippen molar-refractivity contribution in [3.05, 3.63) is 102 Å². The first-order valence-electron chi connectivity index (χ1n) is 8.39. The summed E-state index contributed by atoms with van der Waals surface area (Å²) in [5, 5.41) is 0. The molecule has 27 heavy (non-hydrogen) atoms. The molecule has 0 heterocycles. The fourth-order valence-corrected chi connectivity index (χ4v) is 2.41. The van der Waals surface area contributed by atoms with E-state index in [9.17, 15) is 9.59 Å². The van der Waals surface area contributed by atoms with E-state index < -0.39 is 5.97 Å². The van der Waals surface area contributed by atoms with Crippen LogP contribution in [0.4, 0.5) is 0 Å². The average molecular weight is 358 g/mol. The van der Waals surface area contributed by atoms with Crippen LogP contribution in [0.15, 0.2) is 84.9 Å². The second-order valence-corrected chi connectivity index (χ2v) is 5.75. The van der Waals surface area contributed by atoms with Crippen molar-refractivity contribution in [2.75, 3.05) is 7.11 Å². The molecule has 0 aliphatic carbocycles. The van der Waals surface area contributed by atoms with Gasteiger partial charge in [0.2, 0.25) is 0 Å². The Morgan fingerprint density at radius 3 is 1.96 bits per heavy atom. The quantitative estimate of drug-likeness (QED) is 0.275. The summed E-state index contributed by atoms with van der Waals surface area (Å²) in [6.45, 7) is 0. The molecular formula is C23H18O4. The van der Waals surface area contributed by atoms with E-state index in [0.717, 1.165) is 5.56 Å². The number of ether oxygens (including phenoxy) is 2. The lowest BCUT2D eigenvalue weighted by molar-refractivity contribution is 0.0734. The molecule has 4 nitrogen and oxygen atoms in total. The lowest BCUT2D eigenvalue weighted by Crippen LogP contribution is -2.08. The molecule has 0 saturated heterocycles. The van der Waals surface area contributed by atoms with Crippen LogP contribution < -0.4 is 9.47 Å². The molecule has 134 valence electrons. The Bertz CT molecular complexity index is 940. The maximum atomic E-state index is 12.2. The molecule has 3 aromatic rings. The van der Waals surface area contributed by atoms with Crippen molar-refractivity contribution >= 4 is 17.8 Å². The first-order valence-corrected chi connectivity index (χ1v) is 8.39. The van der Waals surface area contributed by atoms with Crippen LogP contribution in [0.3, 0.4) is 0 Å².